The first kappa shape index (κ1) is 39.4. The first-order valence-electron chi connectivity index (χ1n) is 22.9. The Labute approximate surface area is 374 Å². The molecule has 0 N–H and O–H groups in total. The molecule has 1 atom stereocenters. The Balaban J connectivity index is 1.02. The van der Waals surface area contributed by atoms with E-state index >= 15 is 0 Å². The molecule has 0 radical (unpaired) electrons. The van der Waals surface area contributed by atoms with E-state index in [0.29, 0.717) is 5.92 Å². The highest BCUT2D eigenvalue weighted by Gasteiger charge is 2.35. The number of rotatable bonds is 4. The van der Waals surface area contributed by atoms with E-state index in [4.69, 9.17) is 0 Å². The Morgan fingerprint density at radius 1 is 0.349 bits per heavy atom. The number of benzene rings is 9. The van der Waals surface area contributed by atoms with Gasteiger partial charge in [0.2, 0.25) is 0 Å². The predicted molar refractivity (Wildman–Crippen MR) is 271 cm³/mol. The summed E-state index contributed by atoms with van der Waals surface area (Å²) in [4.78, 5) is 0. The highest BCUT2D eigenvalue weighted by Crippen LogP contribution is 2.52. The first-order chi connectivity index (χ1) is 30.2. The van der Waals surface area contributed by atoms with E-state index in [1.54, 1.807) is 0 Å². The van der Waals surface area contributed by atoms with Gasteiger partial charge in [0.05, 0.1) is 0 Å². The summed E-state index contributed by atoms with van der Waals surface area (Å²) in [5.74, 6) is 0.291. The molecular weight excluding hydrogens is 757 g/mol. The number of hydrogen-bond acceptors (Lipinski definition) is 0. The van der Waals surface area contributed by atoms with Gasteiger partial charge in [-0.2, -0.15) is 0 Å². The maximum Gasteiger partial charge on any atom is 0.0159 e. The topological polar surface area (TPSA) is 0 Å². The van der Waals surface area contributed by atoms with Crippen molar-refractivity contribution in [1.29, 1.82) is 0 Å². The van der Waals surface area contributed by atoms with Crippen molar-refractivity contribution in [2.45, 2.75) is 84.5 Å². The number of fused-ring (bicyclic) bond motifs is 8. The van der Waals surface area contributed by atoms with E-state index in [0.717, 1.165) is 0 Å². The van der Waals surface area contributed by atoms with Crippen molar-refractivity contribution in [2.24, 2.45) is 0 Å². The Hall–Kier alpha value is -6.50. The van der Waals surface area contributed by atoms with Gasteiger partial charge in [0.25, 0.3) is 0 Å². The van der Waals surface area contributed by atoms with Crippen LogP contribution in [0.5, 0.6) is 0 Å². The maximum absolute atomic E-state index is 2.48. The molecule has 0 bridgehead atoms. The van der Waals surface area contributed by atoms with E-state index in [1.165, 1.54) is 122 Å². The second-order valence-electron chi connectivity index (χ2n) is 21.0. The zero-order chi connectivity index (χ0) is 43.6. The fourth-order valence-corrected chi connectivity index (χ4v) is 11.0. The molecule has 0 aromatic heterocycles. The highest BCUT2D eigenvalue weighted by atomic mass is 14.4. The molecule has 0 heteroatoms. The molecule has 0 spiro atoms. The average Bonchev–Trinajstić information content (AvgIpc) is 3.69. The van der Waals surface area contributed by atoms with Gasteiger partial charge in [0, 0.05) is 11.3 Å². The van der Waals surface area contributed by atoms with E-state index in [-0.39, 0.29) is 16.2 Å². The monoisotopic (exact) mass is 812 g/mol. The van der Waals surface area contributed by atoms with Crippen LogP contribution in [0.25, 0.3) is 88.3 Å². The zero-order valence-electron chi connectivity index (χ0n) is 38.2. The van der Waals surface area contributed by atoms with Crippen LogP contribution in [0, 0.1) is 0 Å². The lowest BCUT2D eigenvalue weighted by molar-refractivity contribution is 0.590. The van der Waals surface area contributed by atoms with Crippen LogP contribution in [0.4, 0.5) is 0 Å². The smallest absolute Gasteiger partial charge is 0.0159 e. The van der Waals surface area contributed by atoms with Gasteiger partial charge < -0.3 is 0 Å². The summed E-state index contributed by atoms with van der Waals surface area (Å²) in [6.45, 7) is 21.1. The lowest BCUT2D eigenvalue weighted by atomic mass is 9.79. The number of hydrogen-bond donors (Lipinski definition) is 0. The fraction of sp³-hybridized carbons (Fsp3) is 0.206. The van der Waals surface area contributed by atoms with Crippen molar-refractivity contribution >= 4 is 21.5 Å². The molecule has 308 valence electrons. The molecule has 11 rings (SSSR count). The van der Waals surface area contributed by atoms with E-state index in [9.17, 15) is 0 Å². The summed E-state index contributed by atoms with van der Waals surface area (Å²) in [5, 5.41) is 5.20. The largest absolute Gasteiger partial charge is 0.0622 e. The lowest BCUT2D eigenvalue weighted by Gasteiger charge is -2.25. The predicted octanol–water partition coefficient (Wildman–Crippen LogP) is 17.7. The molecule has 1 unspecified atom stereocenters. The SMILES string of the molecule is CC1c2cc(-c3cccc(-c4c5ccc(C(C)(C)C)cc5c(-c5ccccc5)c5ccc(C(C)(C)C)cc45)c3)ccc2-c2ccc(-c3ccc4c(c3)C(C)(C)c3ccccc3-4)cc21. The van der Waals surface area contributed by atoms with Crippen LogP contribution in [-0.2, 0) is 16.2 Å². The molecule has 0 saturated heterocycles. The van der Waals surface area contributed by atoms with Gasteiger partial charge in [0.15, 0.2) is 0 Å². The minimum absolute atomic E-state index is 0.00928. The van der Waals surface area contributed by atoms with Gasteiger partial charge in [-0.1, -0.05) is 196 Å². The summed E-state index contributed by atoms with van der Waals surface area (Å²) >= 11 is 0. The molecule has 0 amide bonds. The van der Waals surface area contributed by atoms with Crippen molar-refractivity contribution in [3.63, 3.8) is 0 Å². The zero-order valence-corrected chi connectivity index (χ0v) is 38.2. The molecule has 9 aromatic rings. The lowest BCUT2D eigenvalue weighted by Crippen LogP contribution is -2.14. The van der Waals surface area contributed by atoms with Crippen LogP contribution in [0.1, 0.15) is 102 Å². The Morgan fingerprint density at radius 2 is 0.810 bits per heavy atom. The molecule has 0 nitrogen and oxygen atoms in total. The third kappa shape index (κ3) is 6.24. The quantitative estimate of drug-likeness (QED) is 0.155. The van der Waals surface area contributed by atoms with E-state index < -0.39 is 0 Å². The third-order valence-electron chi connectivity index (χ3n) is 14.6. The van der Waals surface area contributed by atoms with Crippen LogP contribution >= 0.6 is 0 Å². The molecule has 0 heterocycles. The van der Waals surface area contributed by atoms with Gasteiger partial charge in [-0.25, -0.2) is 0 Å². The molecule has 2 aliphatic carbocycles. The fourth-order valence-electron chi connectivity index (χ4n) is 11.0. The summed E-state index contributed by atoms with van der Waals surface area (Å²) in [5.41, 5.74) is 24.0. The van der Waals surface area contributed by atoms with Crippen LogP contribution in [-0.4, -0.2) is 0 Å². The summed E-state index contributed by atoms with van der Waals surface area (Å²) < 4.78 is 0. The van der Waals surface area contributed by atoms with E-state index in [2.05, 4.69) is 232 Å². The Morgan fingerprint density at radius 3 is 1.40 bits per heavy atom. The van der Waals surface area contributed by atoms with Gasteiger partial charge in [0.1, 0.15) is 0 Å². The van der Waals surface area contributed by atoms with E-state index in [1.807, 2.05) is 0 Å². The second kappa shape index (κ2) is 14.0. The van der Waals surface area contributed by atoms with Gasteiger partial charge in [-0.05, 0) is 169 Å². The average molecular weight is 813 g/mol. The first-order valence-corrected chi connectivity index (χ1v) is 22.9. The molecular formula is C63H56. The molecule has 0 aliphatic heterocycles. The van der Waals surface area contributed by atoms with Crippen molar-refractivity contribution < 1.29 is 0 Å². The van der Waals surface area contributed by atoms with Crippen molar-refractivity contribution in [2.75, 3.05) is 0 Å². The second-order valence-corrected chi connectivity index (χ2v) is 21.0. The van der Waals surface area contributed by atoms with Crippen LogP contribution < -0.4 is 0 Å². The third-order valence-corrected chi connectivity index (χ3v) is 14.6. The molecule has 9 aromatic carbocycles. The van der Waals surface area contributed by atoms with Crippen molar-refractivity contribution in [3.8, 4) is 66.8 Å². The van der Waals surface area contributed by atoms with Crippen LogP contribution in [0.2, 0.25) is 0 Å². The molecule has 63 heavy (non-hydrogen) atoms. The van der Waals surface area contributed by atoms with Crippen molar-refractivity contribution in [1.82, 2.24) is 0 Å². The highest BCUT2D eigenvalue weighted by molar-refractivity contribution is 6.21. The van der Waals surface area contributed by atoms with Crippen LogP contribution in [0.15, 0.2) is 170 Å². The summed E-state index contributed by atoms with van der Waals surface area (Å²) in [7, 11) is 0. The Bertz CT molecular complexity index is 3320. The minimum Gasteiger partial charge on any atom is -0.0622 e. The standard InChI is InChI=1S/C63H56/c1-38-53-33-41(22-27-47(53)48-28-23-42(34-54(38)48)43-24-29-50-49-20-13-14-21-57(49)63(8,9)58(50)35-43)40-18-15-19-44(32-40)60-52-31-26-45(61(2,3)4)36-55(52)59(39-16-11-10-12-17-39)51-30-25-46(37-56(51)60)62(5,6)7/h10-38H,1-9H3. The van der Waals surface area contributed by atoms with Crippen molar-refractivity contribution in [3.05, 3.63) is 203 Å². The molecule has 0 saturated carbocycles. The van der Waals surface area contributed by atoms with Crippen LogP contribution in [0.3, 0.4) is 0 Å². The van der Waals surface area contributed by atoms with Gasteiger partial charge in [-0.3, -0.25) is 0 Å². The molecule has 0 fully saturated rings. The normalized spacial score (nSPS) is 15.0. The Kier molecular flexibility index (Phi) is 8.75. The van der Waals surface area contributed by atoms with Gasteiger partial charge >= 0.3 is 0 Å². The summed E-state index contributed by atoms with van der Waals surface area (Å²) in [6.07, 6.45) is 0. The summed E-state index contributed by atoms with van der Waals surface area (Å²) in [6, 6.07) is 65.2. The maximum atomic E-state index is 2.48. The van der Waals surface area contributed by atoms with Gasteiger partial charge in [-0.15, -0.1) is 0 Å². The minimum atomic E-state index is -0.0210. The molecule has 2 aliphatic rings.